The van der Waals surface area contributed by atoms with E-state index in [9.17, 15) is 24.5 Å². The molecule has 1 aliphatic heterocycles. The number of nitro groups is 1. The van der Waals surface area contributed by atoms with E-state index in [1.54, 1.807) is 40.1 Å². The highest BCUT2D eigenvalue weighted by Crippen LogP contribution is 2.38. The van der Waals surface area contributed by atoms with E-state index >= 15 is 4.39 Å². The Bertz CT molecular complexity index is 1960. The fourth-order valence-electron chi connectivity index (χ4n) is 5.42. The van der Waals surface area contributed by atoms with Crippen LogP contribution in [-0.2, 0) is 22.7 Å². The maximum Gasteiger partial charge on any atom is 0.410 e. The average Bonchev–Trinajstić information content (AvgIpc) is 3.93. The van der Waals surface area contributed by atoms with E-state index in [1.165, 1.54) is 30.5 Å². The minimum Gasteiger partial charge on any atom is -0.457 e. The van der Waals surface area contributed by atoms with E-state index in [2.05, 4.69) is 10.0 Å². The van der Waals surface area contributed by atoms with E-state index in [0.29, 0.717) is 42.9 Å². The van der Waals surface area contributed by atoms with Gasteiger partial charge in [-0.2, -0.15) is 0 Å². The number of azide groups is 1. The molecule has 1 aliphatic carbocycles. The fourth-order valence-corrected chi connectivity index (χ4v) is 5.42. The second-order valence-corrected chi connectivity index (χ2v) is 11.2. The molecule has 3 aromatic carbocycles. The third-order valence-corrected chi connectivity index (χ3v) is 8.12. The van der Waals surface area contributed by atoms with Gasteiger partial charge in [-0.15, -0.1) is 0 Å². The number of ether oxygens (including phenoxy) is 2. The number of fused-ring (bicyclic) bond motifs is 1. The summed E-state index contributed by atoms with van der Waals surface area (Å²) in [7, 11) is 0. The summed E-state index contributed by atoms with van der Waals surface area (Å²) in [6, 6.07) is 15.0. The molecule has 14 nitrogen and oxygen atoms in total. The van der Waals surface area contributed by atoms with Gasteiger partial charge in [-0.1, -0.05) is 29.4 Å². The number of aromatic nitrogens is 1. The predicted molar refractivity (Wildman–Crippen MR) is 168 cm³/mol. The van der Waals surface area contributed by atoms with Crippen molar-refractivity contribution in [3.05, 3.63) is 120 Å². The van der Waals surface area contributed by atoms with E-state index in [1.807, 2.05) is 4.57 Å². The van der Waals surface area contributed by atoms with Crippen molar-refractivity contribution in [2.24, 2.45) is 5.11 Å². The minimum absolute atomic E-state index is 0.0412. The van der Waals surface area contributed by atoms with Crippen LogP contribution < -0.4 is 10.3 Å². The van der Waals surface area contributed by atoms with Gasteiger partial charge in [0.1, 0.15) is 24.6 Å². The molecule has 0 N–H and O–H groups in total. The SMILES string of the molecule is [N-]=[N+]=Nc1ccc(COC(=O)N2CCN(c3cc4c(cc3F)c(=O)c(C(=O)OCc3ccc([N+](=O)[O-])cc3)cn4C3CC3)CC2)cc1. The number of amides is 1. The summed E-state index contributed by atoms with van der Waals surface area (Å²) in [5, 5.41) is 14.4. The van der Waals surface area contributed by atoms with Crippen LogP contribution in [0.25, 0.3) is 21.3 Å². The molecular formula is C32H28FN7O7. The van der Waals surface area contributed by atoms with Crippen LogP contribution in [0, 0.1) is 15.9 Å². The standard InChI is InChI=1S/C32H28FN7O7/c33-27-15-25-28(16-29(27)37-11-13-38(14-12-37)32(43)47-19-20-1-5-22(6-2-20)35-36-34)39(23-9-10-23)17-26(30(25)41)31(42)46-18-21-3-7-24(8-4-21)40(44)45/h1-8,15-17,23H,9-14,18-19H2. The Morgan fingerprint density at radius 2 is 1.62 bits per heavy atom. The first-order chi connectivity index (χ1) is 22.7. The maximum atomic E-state index is 15.6. The molecule has 1 saturated heterocycles. The fraction of sp³-hybridized carbons (Fsp3) is 0.281. The number of pyridine rings is 1. The summed E-state index contributed by atoms with van der Waals surface area (Å²) in [5.41, 5.74) is 10.0. The van der Waals surface area contributed by atoms with Crippen molar-refractivity contribution in [1.82, 2.24) is 9.47 Å². The zero-order valence-corrected chi connectivity index (χ0v) is 25.0. The first-order valence-corrected chi connectivity index (χ1v) is 14.8. The summed E-state index contributed by atoms with van der Waals surface area (Å²) in [6.45, 7) is 1.09. The number of benzene rings is 3. The molecule has 0 bridgehead atoms. The van der Waals surface area contributed by atoms with Crippen LogP contribution in [0.4, 0.5) is 26.2 Å². The molecule has 1 amide bonds. The number of esters is 1. The number of halogens is 1. The lowest BCUT2D eigenvalue weighted by Crippen LogP contribution is -2.49. The highest BCUT2D eigenvalue weighted by molar-refractivity contribution is 5.94. The summed E-state index contributed by atoms with van der Waals surface area (Å²) in [6.07, 6.45) is 2.63. The van der Waals surface area contributed by atoms with Gasteiger partial charge in [0.25, 0.3) is 5.69 Å². The Morgan fingerprint density at radius 1 is 0.979 bits per heavy atom. The van der Waals surface area contributed by atoms with Gasteiger partial charge in [0.05, 0.1) is 16.1 Å². The Labute approximate surface area is 266 Å². The largest absolute Gasteiger partial charge is 0.457 e. The normalized spacial score (nSPS) is 14.4. The molecule has 0 spiro atoms. The van der Waals surface area contributed by atoms with Crippen molar-refractivity contribution < 1.29 is 28.4 Å². The smallest absolute Gasteiger partial charge is 0.410 e. The van der Waals surface area contributed by atoms with Gasteiger partial charge < -0.3 is 23.8 Å². The number of nitrogens with zero attached hydrogens (tertiary/aromatic N) is 7. The molecule has 2 aliphatic rings. The number of non-ortho nitro benzene ring substituents is 1. The molecule has 0 unspecified atom stereocenters. The maximum absolute atomic E-state index is 15.6. The molecule has 4 aromatic rings. The van der Waals surface area contributed by atoms with E-state index < -0.39 is 28.2 Å². The van der Waals surface area contributed by atoms with Crippen LogP contribution in [0.5, 0.6) is 0 Å². The molecule has 1 aromatic heterocycles. The van der Waals surface area contributed by atoms with Crippen molar-refractivity contribution in [3.8, 4) is 0 Å². The van der Waals surface area contributed by atoms with Gasteiger partial charge in [0.15, 0.2) is 0 Å². The van der Waals surface area contributed by atoms with Gasteiger partial charge in [-0.05, 0) is 53.8 Å². The molecule has 2 heterocycles. The number of nitro benzene ring substituents is 1. The first-order valence-electron chi connectivity index (χ1n) is 14.8. The average molecular weight is 642 g/mol. The Morgan fingerprint density at radius 3 is 2.23 bits per heavy atom. The van der Waals surface area contributed by atoms with Crippen LogP contribution in [0.1, 0.15) is 40.4 Å². The molecule has 0 radical (unpaired) electrons. The molecule has 15 heteroatoms. The van der Waals surface area contributed by atoms with Gasteiger partial charge in [-0.25, -0.2) is 14.0 Å². The number of anilines is 1. The predicted octanol–water partition coefficient (Wildman–Crippen LogP) is 6.14. The van der Waals surface area contributed by atoms with Crippen LogP contribution in [0.2, 0.25) is 0 Å². The zero-order valence-electron chi connectivity index (χ0n) is 25.0. The second kappa shape index (κ2) is 13.2. The third kappa shape index (κ3) is 6.84. The van der Waals surface area contributed by atoms with Crippen LogP contribution in [0.3, 0.4) is 0 Å². The summed E-state index contributed by atoms with van der Waals surface area (Å²) in [4.78, 5) is 55.5. The highest BCUT2D eigenvalue weighted by Gasteiger charge is 2.30. The third-order valence-electron chi connectivity index (χ3n) is 8.12. The van der Waals surface area contributed by atoms with Crippen molar-refractivity contribution in [2.75, 3.05) is 31.1 Å². The van der Waals surface area contributed by atoms with Crippen LogP contribution >= 0.6 is 0 Å². The lowest BCUT2D eigenvalue weighted by atomic mass is 10.1. The number of hydrogen-bond acceptors (Lipinski definition) is 9. The molecule has 0 atom stereocenters. The minimum atomic E-state index is -0.873. The van der Waals surface area contributed by atoms with E-state index in [0.717, 1.165) is 24.5 Å². The molecule has 1 saturated carbocycles. The van der Waals surface area contributed by atoms with Gasteiger partial charge in [0.2, 0.25) is 5.43 Å². The molecule has 6 rings (SSSR count). The Kier molecular flexibility index (Phi) is 8.71. The zero-order chi connectivity index (χ0) is 33.1. The number of rotatable bonds is 9. The summed E-state index contributed by atoms with van der Waals surface area (Å²) < 4.78 is 28.2. The lowest BCUT2D eigenvalue weighted by Gasteiger charge is -2.35. The molecule has 240 valence electrons. The highest BCUT2D eigenvalue weighted by atomic mass is 19.1. The van der Waals surface area contributed by atoms with E-state index in [-0.39, 0.29) is 41.6 Å². The number of piperazine rings is 1. The monoisotopic (exact) mass is 641 g/mol. The van der Waals surface area contributed by atoms with E-state index in [4.69, 9.17) is 15.0 Å². The molecule has 47 heavy (non-hydrogen) atoms. The lowest BCUT2D eigenvalue weighted by molar-refractivity contribution is -0.384. The van der Waals surface area contributed by atoms with Crippen molar-refractivity contribution in [1.29, 1.82) is 0 Å². The van der Waals surface area contributed by atoms with Crippen molar-refractivity contribution >= 4 is 40.0 Å². The second-order valence-electron chi connectivity index (χ2n) is 11.2. The summed E-state index contributed by atoms with van der Waals surface area (Å²) in [5.74, 6) is -1.50. The van der Waals surface area contributed by atoms with Gasteiger partial charge in [0, 0.05) is 66.5 Å². The van der Waals surface area contributed by atoms with Crippen LogP contribution in [-0.4, -0.2) is 52.6 Å². The topological polar surface area (TPSA) is 173 Å². The first kappa shape index (κ1) is 31.0. The summed E-state index contributed by atoms with van der Waals surface area (Å²) >= 11 is 0. The Balaban J connectivity index is 1.14. The van der Waals surface area contributed by atoms with Gasteiger partial charge >= 0.3 is 12.1 Å². The number of carbonyl (C=O) groups excluding carboxylic acids is 2. The van der Waals surface area contributed by atoms with Crippen molar-refractivity contribution in [3.63, 3.8) is 0 Å². The van der Waals surface area contributed by atoms with Crippen molar-refractivity contribution in [2.45, 2.75) is 32.1 Å². The molecular weight excluding hydrogens is 613 g/mol. The number of hydrogen-bond donors (Lipinski definition) is 0. The number of carbonyl (C=O) groups is 2. The van der Waals surface area contributed by atoms with Crippen LogP contribution in [0.15, 0.2) is 76.8 Å². The van der Waals surface area contributed by atoms with Gasteiger partial charge in [-0.3, -0.25) is 14.9 Å². The molecule has 2 fully saturated rings. The quantitative estimate of drug-likeness (QED) is 0.0523. The Hall–Kier alpha value is -5.95.